The predicted octanol–water partition coefficient (Wildman–Crippen LogP) is -1.78. The molecule has 0 rings (SSSR count). The first-order valence-corrected chi connectivity index (χ1v) is 10.4. The topological polar surface area (TPSA) is 201 Å². The minimum Gasteiger partial charge on any atom is -0.870 e. The number of nitrogens with zero attached hydrogens (tertiary/aromatic N) is 2. The Kier molecular flexibility index (Phi) is 19.5. The van der Waals surface area contributed by atoms with E-state index in [-0.39, 0.29) is 59.9 Å². The van der Waals surface area contributed by atoms with E-state index in [0.29, 0.717) is 0 Å². The van der Waals surface area contributed by atoms with Gasteiger partial charge in [-0.25, -0.2) is 0 Å². The van der Waals surface area contributed by atoms with E-state index in [0.717, 1.165) is 0 Å². The first-order valence-electron chi connectivity index (χ1n) is 5.87. The first kappa shape index (κ1) is 27.8. The molecule has 9 N–H and O–H groups in total. The molecule has 0 spiro atoms. The summed E-state index contributed by atoms with van der Waals surface area (Å²) in [5.41, 5.74) is 0. The minimum atomic E-state index is -0.925. The molecule has 0 bridgehead atoms. The average molecular weight is 485 g/mol. The van der Waals surface area contributed by atoms with Crippen LogP contribution in [0.4, 0.5) is 0 Å². The number of aliphatic hydroxyl groups excluding tert-OH is 3. The molecular formula is C10H21Cl2N2O9Ru+3. The van der Waals surface area contributed by atoms with Crippen LogP contribution in [-0.4, -0.2) is 113 Å². The average Bonchev–Trinajstić information content (AvgIpc) is 2.33. The van der Waals surface area contributed by atoms with Gasteiger partial charge >= 0.3 is 58.4 Å². The molecule has 0 aliphatic heterocycles. The van der Waals surface area contributed by atoms with Crippen molar-refractivity contribution in [3.63, 3.8) is 0 Å². The van der Waals surface area contributed by atoms with Crippen molar-refractivity contribution in [2.75, 3.05) is 39.3 Å². The maximum Gasteiger partial charge on any atom is -0.870 e. The fourth-order valence-corrected chi connectivity index (χ4v) is 1.51. The Hall–Kier alpha value is -1.04. The maximum atomic E-state index is 10.7. The third kappa shape index (κ3) is 21.0. The molecule has 0 heterocycles. The van der Waals surface area contributed by atoms with Crippen LogP contribution in [0.5, 0.6) is 0 Å². The van der Waals surface area contributed by atoms with Crippen molar-refractivity contribution >= 4 is 43.3 Å². The Bertz CT molecular complexity index is 346. The summed E-state index contributed by atoms with van der Waals surface area (Å²) in [7, 11) is 9.71. The first-order chi connectivity index (χ1) is 10.6. The Morgan fingerprint density at radius 2 is 1.12 bits per heavy atom. The van der Waals surface area contributed by atoms with Crippen LogP contribution < -0.4 is 0 Å². The van der Waals surface area contributed by atoms with E-state index in [1.165, 1.54) is 9.80 Å². The fraction of sp³-hybridized carbons (Fsp3) is 0.600. The largest absolute Gasteiger partial charge is 0.870 e. The van der Waals surface area contributed by atoms with E-state index in [1.54, 1.807) is 0 Å². The molecule has 14 heteroatoms. The van der Waals surface area contributed by atoms with Crippen LogP contribution in [0.3, 0.4) is 0 Å². The van der Waals surface area contributed by atoms with Crippen LogP contribution >= 0.6 is 19.4 Å². The summed E-state index contributed by atoms with van der Waals surface area (Å²) in [6.45, 7) is -1.25. The number of hydrogen-bond acceptors (Lipinski definition) is 4. The number of hydrogen-bond donors (Lipinski definition) is 3. The van der Waals surface area contributed by atoms with Gasteiger partial charge in [-0.3, -0.25) is 9.80 Å². The van der Waals surface area contributed by atoms with Gasteiger partial charge in [-0.05, 0) is 0 Å². The summed E-state index contributed by atoms with van der Waals surface area (Å²) in [4.78, 5) is 39.5. The van der Waals surface area contributed by atoms with E-state index in [2.05, 4.69) is 0 Å². The molecule has 0 atom stereocenters. The molecule has 11 nitrogen and oxygen atoms in total. The van der Waals surface area contributed by atoms with Crippen molar-refractivity contribution in [1.29, 1.82) is 0 Å². The van der Waals surface area contributed by atoms with Gasteiger partial charge in [-0.1, -0.05) is 0 Å². The molecule has 0 aliphatic carbocycles. The van der Waals surface area contributed by atoms with Gasteiger partial charge in [0.1, 0.15) is 0 Å². The Labute approximate surface area is 152 Å². The van der Waals surface area contributed by atoms with Crippen molar-refractivity contribution in [2.24, 2.45) is 0 Å². The molecule has 0 radical (unpaired) electrons. The van der Waals surface area contributed by atoms with Crippen LogP contribution in [0.1, 0.15) is 0 Å². The number of rotatable bonds is 11. The number of halogens is 2. The van der Waals surface area contributed by atoms with Gasteiger partial charge in [0.05, 0.1) is 0 Å². The number of carboxylic acids is 3. The molecule has 0 amide bonds. The molecule has 0 aromatic carbocycles. The minimum absolute atomic E-state index is 0. The Morgan fingerprint density at radius 3 is 1.33 bits per heavy atom. The van der Waals surface area contributed by atoms with Crippen molar-refractivity contribution in [2.45, 2.75) is 0 Å². The molecule has 144 valence electrons. The Morgan fingerprint density at radius 1 is 0.875 bits per heavy atom. The van der Waals surface area contributed by atoms with E-state index >= 15 is 0 Å². The second-order valence-electron chi connectivity index (χ2n) is 4.14. The molecule has 0 saturated heterocycles. The van der Waals surface area contributed by atoms with Gasteiger partial charge in [0, 0.05) is 17.9 Å². The van der Waals surface area contributed by atoms with Crippen molar-refractivity contribution in [3.05, 3.63) is 0 Å². The third-order valence-corrected chi connectivity index (χ3v) is 2.19. The monoisotopic (exact) mass is 485 g/mol. The number of carbonyl (C=O) groups excluding carboxylic acids is 1. The van der Waals surface area contributed by atoms with Crippen molar-refractivity contribution in [1.82, 2.24) is 9.80 Å². The molecule has 24 heavy (non-hydrogen) atoms. The van der Waals surface area contributed by atoms with Crippen LogP contribution in [0.15, 0.2) is 0 Å². The zero-order valence-electron chi connectivity index (χ0n) is 12.3. The van der Waals surface area contributed by atoms with Crippen LogP contribution in [0, 0.1) is 0 Å². The van der Waals surface area contributed by atoms with Gasteiger partial charge in [-0.2, -0.15) is 0 Å². The van der Waals surface area contributed by atoms with Crippen molar-refractivity contribution < 1.29 is 60.2 Å². The van der Waals surface area contributed by atoms with Gasteiger partial charge < -0.3 is 40.3 Å². The van der Waals surface area contributed by atoms with E-state index in [4.69, 9.17) is 54.2 Å². The van der Waals surface area contributed by atoms with E-state index in [1.807, 2.05) is 0 Å². The summed E-state index contributed by atoms with van der Waals surface area (Å²) >= 11 is -0.346. The van der Waals surface area contributed by atoms with E-state index in [9.17, 15) is 4.79 Å². The van der Waals surface area contributed by atoms with Gasteiger partial charge in [0.2, 0.25) is 0 Å². The zero-order chi connectivity index (χ0) is 18.4. The van der Waals surface area contributed by atoms with Gasteiger partial charge in [-0.15, -0.1) is 0 Å². The molecule has 0 aromatic rings. The number of carboxylic acid groups (broad SMARTS) is 3. The molecule has 0 unspecified atom stereocenters. The van der Waals surface area contributed by atoms with Crippen LogP contribution in [0.25, 0.3) is 0 Å². The van der Waals surface area contributed by atoms with Crippen LogP contribution in [0.2, 0.25) is 0 Å². The smallest absolute Gasteiger partial charge is 0.870 e. The summed E-state index contributed by atoms with van der Waals surface area (Å²) in [6, 6.07) is 0. The number of aliphatic carboxylic acids is 3. The Balaban J connectivity index is -0.00000102. The summed E-state index contributed by atoms with van der Waals surface area (Å²) in [5.74, 6) is -3.70. The summed E-state index contributed by atoms with van der Waals surface area (Å²) in [6.07, 6.45) is 0. The van der Waals surface area contributed by atoms with Crippen molar-refractivity contribution in [3.8, 4) is 0 Å². The summed E-state index contributed by atoms with van der Waals surface area (Å²) < 4.78 is 0. The number of carbonyl (C=O) groups is 1. The van der Waals surface area contributed by atoms with E-state index < -0.39 is 23.9 Å². The second-order valence-corrected chi connectivity index (χ2v) is 6.78. The SMILES string of the molecule is O=C([OH2+])CN(CCN(CC(O)=[OH+])CC(O)=[OH+])CC(O)=[OH+].[Cl][Ru][Cl].[OH-]. The molecule has 0 aliphatic rings. The fourth-order valence-electron chi connectivity index (χ4n) is 1.51. The standard InChI is InChI=1S/C10H16N2O8.2ClH.H2O.Ru/c13-7(14)3-11(4-8(15)16)1-2-12(5-9(17)18)6-10(19)20;;;;/h1-6H2,(H,13,14)(H,15,16)(H,17,18)(H,19,20);2*1H;1H2;/q;;;;+2/p+1. The predicted molar refractivity (Wildman–Crippen MR) is 83.9 cm³/mol. The summed E-state index contributed by atoms with van der Waals surface area (Å²) in [5, 5.41) is 33.1. The normalized spacial score (nSPS) is 9.83. The van der Waals surface area contributed by atoms with Crippen LogP contribution in [-0.2, 0) is 19.9 Å². The quantitative estimate of drug-likeness (QED) is 0.227. The molecule has 0 fully saturated rings. The molecule has 0 aromatic heterocycles. The molecule has 0 saturated carbocycles. The van der Waals surface area contributed by atoms with Gasteiger partial charge in [0.25, 0.3) is 0 Å². The zero-order valence-corrected chi connectivity index (χ0v) is 15.5. The third-order valence-electron chi connectivity index (χ3n) is 2.19. The second kappa shape index (κ2) is 16.8. The maximum absolute atomic E-state index is 10.7. The molecular weight excluding hydrogens is 464 g/mol. The van der Waals surface area contributed by atoms with Gasteiger partial charge in [0.15, 0.2) is 26.2 Å².